The Bertz CT molecular complexity index is 51.7. The van der Waals surface area contributed by atoms with E-state index in [4.69, 9.17) is 0 Å². The van der Waals surface area contributed by atoms with Crippen LogP contribution in [0.4, 0.5) is 0 Å². The van der Waals surface area contributed by atoms with Crippen LogP contribution in [-0.2, 0) is 0 Å². The number of hydrogen-bond acceptors (Lipinski definition) is 2. The Hall–Kier alpha value is -0.0151. The van der Waals surface area contributed by atoms with Crippen LogP contribution in [0, 0.1) is 0 Å². The molecule has 7 heavy (non-hydrogen) atoms. The summed E-state index contributed by atoms with van der Waals surface area (Å²) in [6.45, 7) is 3.38. The molecule has 3 heteroatoms. The summed E-state index contributed by atoms with van der Waals surface area (Å²) in [4.78, 5) is 0. The molecule has 1 rings (SSSR count). The van der Waals surface area contributed by atoms with Crippen LogP contribution in [-0.4, -0.2) is 33.4 Å². The molecule has 1 unspecified atom stereocenters. The van der Waals surface area contributed by atoms with Gasteiger partial charge in [-0.15, -0.1) is 0 Å². The average Bonchev–Trinajstić information content (AvgIpc) is 1.69. The van der Waals surface area contributed by atoms with Gasteiger partial charge in [-0.2, -0.15) is 0 Å². The van der Waals surface area contributed by atoms with Crippen LogP contribution in [0.2, 0.25) is 0 Å². The molecule has 1 aliphatic heterocycles. The monoisotopic (exact) mass is 98.1 g/mol. The second-order valence-electron chi connectivity index (χ2n) is 2.06. The minimum Gasteiger partial charge on any atom is -0.319 e. The lowest BCUT2D eigenvalue weighted by atomic mass is 9.95. The first-order valence-electron chi connectivity index (χ1n) is 2.83. The van der Waals surface area contributed by atoms with Gasteiger partial charge in [-0.3, -0.25) is 0 Å². The Kier molecular flexibility index (Phi) is 1.71. The summed E-state index contributed by atoms with van der Waals surface area (Å²) in [6, 6.07) is 0. The minimum atomic E-state index is 0.675. The fourth-order valence-corrected chi connectivity index (χ4v) is 0.798. The SMILES string of the molecule is BC1CNCCN1. The average molecular weight is 98.0 g/mol. The second-order valence-corrected chi connectivity index (χ2v) is 2.06. The Balaban J connectivity index is 2.12. The third kappa shape index (κ3) is 1.49. The van der Waals surface area contributed by atoms with E-state index in [0.29, 0.717) is 5.94 Å². The maximum absolute atomic E-state index is 3.32. The lowest BCUT2D eigenvalue weighted by molar-refractivity contribution is 0.501. The van der Waals surface area contributed by atoms with Crippen molar-refractivity contribution in [2.45, 2.75) is 5.94 Å². The molecular formula is C4H11BN2. The summed E-state index contributed by atoms with van der Waals surface area (Å²) in [5, 5.41) is 6.59. The van der Waals surface area contributed by atoms with E-state index >= 15 is 0 Å². The van der Waals surface area contributed by atoms with Gasteiger partial charge < -0.3 is 10.6 Å². The number of rotatable bonds is 0. The highest BCUT2D eigenvalue weighted by atomic mass is 15.0. The molecule has 1 aliphatic rings. The van der Waals surface area contributed by atoms with Crippen molar-refractivity contribution in [3.63, 3.8) is 0 Å². The zero-order valence-electron chi connectivity index (χ0n) is 4.70. The molecular weight excluding hydrogens is 86.9 g/mol. The largest absolute Gasteiger partial charge is 0.319 e. The first-order chi connectivity index (χ1) is 3.39. The van der Waals surface area contributed by atoms with Crippen molar-refractivity contribution in [1.82, 2.24) is 10.6 Å². The van der Waals surface area contributed by atoms with Crippen molar-refractivity contribution in [3.8, 4) is 0 Å². The lowest BCUT2D eigenvalue weighted by Gasteiger charge is -2.19. The van der Waals surface area contributed by atoms with Crippen molar-refractivity contribution in [3.05, 3.63) is 0 Å². The minimum absolute atomic E-state index is 0.675. The van der Waals surface area contributed by atoms with E-state index < -0.39 is 0 Å². The predicted octanol–water partition coefficient (Wildman–Crippen LogP) is -1.86. The zero-order chi connectivity index (χ0) is 5.11. The summed E-state index contributed by atoms with van der Waals surface area (Å²) in [7, 11) is 2.19. The molecule has 0 aromatic carbocycles. The summed E-state index contributed by atoms with van der Waals surface area (Å²) in [5.74, 6) is 0.675. The normalized spacial score (nSPS) is 32.9. The van der Waals surface area contributed by atoms with Crippen LogP contribution >= 0.6 is 0 Å². The quantitative estimate of drug-likeness (QED) is 0.347. The second kappa shape index (κ2) is 2.33. The number of hydrogen-bond donors (Lipinski definition) is 2. The fraction of sp³-hybridized carbons (Fsp3) is 1.00. The molecule has 1 heterocycles. The molecule has 0 radical (unpaired) electrons. The van der Waals surface area contributed by atoms with Crippen LogP contribution in [0.25, 0.3) is 0 Å². The molecule has 0 aromatic heterocycles. The molecule has 40 valence electrons. The van der Waals surface area contributed by atoms with Gasteiger partial charge in [-0.05, 0) is 5.94 Å². The van der Waals surface area contributed by atoms with Gasteiger partial charge in [-0.1, -0.05) is 0 Å². The van der Waals surface area contributed by atoms with E-state index in [9.17, 15) is 0 Å². The molecule has 0 spiro atoms. The van der Waals surface area contributed by atoms with Crippen molar-refractivity contribution in [1.29, 1.82) is 0 Å². The van der Waals surface area contributed by atoms with E-state index in [1.54, 1.807) is 0 Å². The Labute approximate surface area is 45.1 Å². The van der Waals surface area contributed by atoms with Gasteiger partial charge in [0, 0.05) is 19.6 Å². The van der Waals surface area contributed by atoms with Gasteiger partial charge in [-0.25, -0.2) is 0 Å². The van der Waals surface area contributed by atoms with E-state index in [2.05, 4.69) is 18.5 Å². The van der Waals surface area contributed by atoms with Crippen molar-refractivity contribution in [2.75, 3.05) is 19.6 Å². The highest BCUT2D eigenvalue weighted by Crippen LogP contribution is 1.76. The maximum atomic E-state index is 3.32. The lowest BCUT2D eigenvalue weighted by Crippen LogP contribution is -2.48. The van der Waals surface area contributed by atoms with Crippen molar-refractivity contribution >= 4 is 7.85 Å². The Morgan fingerprint density at radius 3 is 2.57 bits per heavy atom. The van der Waals surface area contributed by atoms with Gasteiger partial charge in [0.05, 0.1) is 0 Å². The molecule has 0 amide bonds. The number of nitrogens with one attached hydrogen (secondary N) is 2. The molecule has 0 bridgehead atoms. The summed E-state index contributed by atoms with van der Waals surface area (Å²) < 4.78 is 0. The van der Waals surface area contributed by atoms with Gasteiger partial charge in [0.2, 0.25) is 0 Å². The summed E-state index contributed by atoms with van der Waals surface area (Å²) in [5.41, 5.74) is 0. The molecule has 0 saturated carbocycles. The van der Waals surface area contributed by atoms with Gasteiger partial charge >= 0.3 is 0 Å². The van der Waals surface area contributed by atoms with Gasteiger partial charge in [0.1, 0.15) is 7.85 Å². The van der Waals surface area contributed by atoms with E-state index in [0.717, 1.165) is 19.6 Å². The van der Waals surface area contributed by atoms with Crippen molar-refractivity contribution < 1.29 is 0 Å². The molecule has 1 atom stereocenters. The van der Waals surface area contributed by atoms with Crippen molar-refractivity contribution in [2.24, 2.45) is 0 Å². The van der Waals surface area contributed by atoms with E-state index in [-0.39, 0.29) is 0 Å². The van der Waals surface area contributed by atoms with Crippen LogP contribution in [0.3, 0.4) is 0 Å². The van der Waals surface area contributed by atoms with Crippen LogP contribution in [0.15, 0.2) is 0 Å². The zero-order valence-corrected chi connectivity index (χ0v) is 4.70. The van der Waals surface area contributed by atoms with E-state index in [1.807, 2.05) is 0 Å². The Morgan fingerprint density at radius 2 is 2.29 bits per heavy atom. The van der Waals surface area contributed by atoms with E-state index in [1.165, 1.54) is 0 Å². The van der Waals surface area contributed by atoms with Gasteiger partial charge in [0.25, 0.3) is 0 Å². The third-order valence-electron chi connectivity index (χ3n) is 1.25. The first-order valence-corrected chi connectivity index (χ1v) is 2.83. The molecule has 2 nitrogen and oxygen atoms in total. The highest BCUT2D eigenvalue weighted by Gasteiger charge is 2.03. The standard InChI is InChI=1S/C4H11BN2/c5-4-3-6-1-2-7-4/h4,6-7H,1-3,5H2. The van der Waals surface area contributed by atoms with Gasteiger partial charge in [0.15, 0.2) is 0 Å². The Morgan fingerprint density at radius 1 is 1.43 bits per heavy atom. The summed E-state index contributed by atoms with van der Waals surface area (Å²) in [6.07, 6.45) is 0. The topological polar surface area (TPSA) is 24.1 Å². The third-order valence-corrected chi connectivity index (χ3v) is 1.25. The maximum Gasteiger partial charge on any atom is 0.125 e. The fourth-order valence-electron chi connectivity index (χ4n) is 0.798. The molecule has 0 aromatic rings. The highest BCUT2D eigenvalue weighted by molar-refractivity contribution is 6.11. The van der Waals surface area contributed by atoms with Crippen LogP contribution < -0.4 is 10.6 Å². The first kappa shape index (κ1) is 5.13. The smallest absolute Gasteiger partial charge is 0.125 e. The molecule has 0 aliphatic carbocycles. The number of piperazine rings is 1. The van der Waals surface area contributed by atoms with Crippen LogP contribution in [0.5, 0.6) is 0 Å². The predicted molar refractivity (Wildman–Crippen MR) is 33.2 cm³/mol. The molecule has 1 fully saturated rings. The summed E-state index contributed by atoms with van der Waals surface area (Å²) >= 11 is 0. The molecule has 1 saturated heterocycles. The molecule has 2 N–H and O–H groups in total. The van der Waals surface area contributed by atoms with Crippen LogP contribution in [0.1, 0.15) is 0 Å².